The van der Waals surface area contributed by atoms with Crippen LogP contribution in [0.15, 0.2) is 46.6 Å². The molecule has 0 bridgehead atoms. The molecule has 0 spiro atoms. The van der Waals surface area contributed by atoms with Gasteiger partial charge in [0.1, 0.15) is 0 Å². The highest BCUT2D eigenvalue weighted by molar-refractivity contribution is 7.15. The summed E-state index contributed by atoms with van der Waals surface area (Å²) in [6.45, 7) is 2.03. The maximum atomic E-state index is 12.6. The van der Waals surface area contributed by atoms with Crippen LogP contribution in [0.3, 0.4) is 0 Å². The Bertz CT molecular complexity index is 1040. The summed E-state index contributed by atoms with van der Waals surface area (Å²) in [5, 5.41) is 10.3. The lowest BCUT2D eigenvalue weighted by Crippen LogP contribution is -2.23. The molecule has 0 unspecified atom stereocenters. The van der Waals surface area contributed by atoms with E-state index in [9.17, 15) is 4.79 Å². The first-order valence-corrected chi connectivity index (χ1v) is 8.42. The topological polar surface area (TPSA) is 47.3 Å². The van der Waals surface area contributed by atoms with Crippen LogP contribution in [0.25, 0.3) is 22.4 Å². The number of hydrogen-bond donors (Lipinski definition) is 0. The molecule has 4 aromatic rings. The first-order valence-electron chi connectivity index (χ1n) is 6.72. The molecule has 0 aliphatic heterocycles. The van der Waals surface area contributed by atoms with E-state index >= 15 is 0 Å². The minimum Gasteiger partial charge on any atom is -0.267 e. The van der Waals surface area contributed by atoms with E-state index in [1.807, 2.05) is 54.8 Å². The largest absolute Gasteiger partial charge is 0.276 e. The molecule has 0 saturated carbocycles. The van der Waals surface area contributed by atoms with Gasteiger partial charge < -0.3 is 0 Å². The van der Waals surface area contributed by atoms with E-state index in [1.54, 1.807) is 15.7 Å². The van der Waals surface area contributed by atoms with Gasteiger partial charge in [0, 0.05) is 10.4 Å². The molecule has 0 atom stereocenters. The second-order valence-electron chi connectivity index (χ2n) is 4.94. The van der Waals surface area contributed by atoms with E-state index in [4.69, 9.17) is 0 Å². The monoisotopic (exact) mass is 325 g/mol. The van der Waals surface area contributed by atoms with Crippen LogP contribution in [-0.4, -0.2) is 14.6 Å². The number of benzene rings is 1. The summed E-state index contributed by atoms with van der Waals surface area (Å²) < 4.78 is 2.27. The minimum absolute atomic E-state index is 0.0611. The highest BCUT2D eigenvalue weighted by atomic mass is 32.1. The SMILES string of the molecule is Cc1ccc(-c2nnc3s/c(=C/c4cccs4)c(=O)n23)cc1. The summed E-state index contributed by atoms with van der Waals surface area (Å²) in [6, 6.07) is 11.9. The number of hydrogen-bond acceptors (Lipinski definition) is 5. The highest BCUT2D eigenvalue weighted by Crippen LogP contribution is 2.18. The number of rotatable bonds is 2. The third-order valence-electron chi connectivity index (χ3n) is 3.37. The zero-order valence-electron chi connectivity index (χ0n) is 11.7. The second-order valence-corrected chi connectivity index (χ2v) is 6.93. The smallest absolute Gasteiger partial charge is 0.267 e. The van der Waals surface area contributed by atoms with Crippen molar-refractivity contribution in [1.82, 2.24) is 14.6 Å². The molecule has 3 heterocycles. The average molecular weight is 325 g/mol. The van der Waals surface area contributed by atoms with E-state index < -0.39 is 0 Å². The quantitative estimate of drug-likeness (QED) is 0.569. The molecule has 0 fully saturated rings. The van der Waals surface area contributed by atoms with Crippen LogP contribution >= 0.6 is 22.7 Å². The number of aromatic nitrogens is 3. The number of fused-ring (bicyclic) bond motifs is 1. The second kappa shape index (κ2) is 5.15. The third-order valence-corrected chi connectivity index (χ3v) is 5.15. The molecule has 0 amide bonds. The van der Waals surface area contributed by atoms with Crippen LogP contribution in [0.4, 0.5) is 0 Å². The predicted octanol–water partition coefficient (Wildman–Crippen LogP) is 2.74. The van der Waals surface area contributed by atoms with Crippen molar-refractivity contribution < 1.29 is 0 Å². The van der Waals surface area contributed by atoms with Gasteiger partial charge in [0.05, 0.1) is 4.53 Å². The Kier molecular flexibility index (Phi) is 3.13. The fourth-order valence-corrected chi connectivity index (χ4v) is 3.89. The molecule has 0 aliphatic carbocycles. The third kappa shape index (κ3) is 2.17. The lowest BCUT2D eigenvalue weighted by Gasteiger charge is -1.97. The Morgan fingerprint density at radius 1 is 1.14 bits per heavy atom. The van der Waals surface area contributed by atoms with E-state index in [-0.39, 0.29) is 5.56 Å². The van der Waals surface area contributed by atoms with Crippen molar-refractivity contribution in [2.75, 3.05) is 0 Å². The Hall–Kier alpha value is -2.31. The molecule has 0 saturated heterocycles. The summed E-state index contributed by atoms with van der Waals surface area (Å²) in [7, 11) is 0. The standard InChI is InChI=1S/C16H11N3OS2/c1-10-4-6-11(7-5-10)14-17-18-16-19(14)15(20)13(22-16)9-12-3-2-8-21-12/h2-9H,1H3/b13-9+. The van der Waals surface area contributed by atoms with Gasteiger partial charge in [0.15, 0.2) is 5.82 Å². The lowest BCUT2D eigenvalue weighted by atomic mass is 10.1. The predicted molar refractivity (Wildman–Crippen MR) is 90.4 cm³/mol. The molecule has 6 heteroatoms. The van der Waals surface area contributed by atoms with Crippen LogP contribution in [-0.2, 0) is 0 Å². The van der Waals surface area contributed by atoms with Gasteiger partial charge in [-0.25, -0.2) is 4.40 Å². The van der Waals surface area contributed by atoms with Gasteiger partial charge in [0.2, 0.25) is 4.96 Å². The zero-order chi connectivity index (χ0) is 15.1. The zero-order valence-corrected chi connectivity index (χ0v) is 13.3. The fourth-order valence-electron chi connectivity index (χ4n) is 2.25. The number of nitrogens with zero attached hydrogens (tertiary/aromatic N) is 3. The van der Waals surface area contributed by atoms with E-state index in [2.05, 4.69) is 10.2 Å². The van der Waals surface area contributed by atoms with Crippen LogP contribution in [0, 0.1) is 6.92 Å². The van der Waals surface area contributed by atoms with Crippen molar-refractivity contribution >= 4 is 33.7 Å². The summed E-state index contributed by atoms with van der Waals surface area (Å²) in [5.41, 5.74) is 2.01. The molecular formula is C16H11N3OS2. The van der Waals surface area contributed by atoms with Crippen molar-refractivity contribution in [2.45, 2.75) is 6.92 Å². The van der Waals surface area contributed by atoms with Gasteiger partial charge in [-0.05, 0) is 24.4 Å². The van der Waals surface area contributed by atoms with Gasteiger partial charge in [0.25, 0.3) is 5.56 Å². The number of thiophene rings is 1. The number of aryl methyl sites for hydroxylation is 1. The molecule has 3 aromatic heterocycles. The Balaban J connectivity index is 1.94. The Morgan fingerprint density at radius 3 is 2.68 bits per heavy atom. The fraction of sp³-hybridized carbons (Fsp3) is 0.0625. The van der Waals surface area contributed by atoms with Crippen LogP contribution in [0.2, 0.25) is 0 Å². The normalized spacial score (nSPS) is 12.3. The molecule has 0 N–H and O–H groups in total. The van der Waals surface area contributed by atoms with E-state index in [0.29, 0.717) is 15.3 Å². The number of thiazole rings is 1. The molecule has 0 aliphatic rings. The molecule has 22 heavy (non-hydrogen) atoms. The molecule has 1 aromatic carbocycles. The average Bonchev–Trinajstić information content (AvgIpc) is 3.21. The lowest BCUT2D eigenvalue weighted by molar-refractivity contribution is 1.09. The molecule has 4 nitrogen and oxygen atoms in total. The van der Waals surface area contributed by atoms with Crippen LogP contribution in [0.1, 0.15) is 10.4 Å². The van der Waals surface area contributed by atoms with Crippen LogP contribution < -0.4 is 10.1 Å². The maximum absolute atomic E-state index is 12.6. The van der Waals surface area contributed by atoms with Gasteiger partial charge in [-0.2, -0.15) is 0 Å². The maximum Gasteiger partial charge on any atom is 0.276 e. The van der Waals surface area contributed by atoms with Crippen molar-refractivity contribution in [3.05, 3.63) is 67.1 Å². The van der Waals surface area contributed by atoms with Crippen molar-refractivity contribution in [2.24, 2.45) is 0 Å². The summed E-state index contributed by atoms with van der Waals surface area (Å²) >= 11 is 2.98. The van der Waals surface area contributed by atoms with E-state index in [1.165, 1.54) is 16.9 Å². The van der Waals surface area contributed by atoms with Crippen molar-refractivity contribution in [3.63, 3.8) is 0 Å². The molecular weight excluding hydrogens is 314 g/mol. The van der Waals surface area contributed by atoms with Gasteiger partial charge in [-0.1, -0.05) is 47.2 Å². The Morgan fingerprint density at radius 2 is 1.95 bits per heavy atom. The van der Waals surface area contributed by atoms with Gasteiger partial charge in [-0.3, -0.25) is 4.79 Å². The minimum atomic E-state index is -0.0611. The van der Waals surface area contributed by atoms with E-state index in [0.717, 1.165) is 10.4 Å². The molecule has 4 rings (SSSR count). The summed E-state index contributed by atoms with van der Waals surface area (Å²) in [6.07, 6.45) is 1.91. The molecule has 0 radical (unpaired) electrons. The van der Waals surface area contributed by atoms with Crippen molar-refractivity contribution in [1.29, 1.82) is 0 Å². The Labute approximate surface area is 134 Å². The first-order chi connectivity index (χ1) is 10.7. The van der Waals surface area contributed by atoms with Crippen molar-refractivity contribution in [3.8, 4) is 11.4 Å². The molecule has 108 valence electrons. The first kappa shape index (κ1) is 13.4. The summed E-state index contributed by atoms with van der Waals surface area (Å²) in [5.74, 6) is 0.599. The van der Waals surface area contributed by atoms with Gasteiger partial charge >= 0.3 is 0 Å². The van der Waals surface area contributed by atoms with Gasteiger partial charge in [-0.15, -0.1) is 21.5 Å². The highest BCUT2D eigenvalue weighted by Gasteiger charge is 2.13. The van der Waals surface area contributed by atoms with Crippen LogP contribution in [0.5, 0.6) is 0 Å². The summed E-state index contributed by atoms with van der Waals surface area (Å²) in [4.78, 5) is 14.3.